The molecule has 3 heteroatoms. The summed E-state index contributed by atoms with van der Waals surface area (Å²) >= 11 is 1.98. The Kier molecular flexibility index (Phi) is 4.75. The third-order valence-corrected chi connectivity index (χ3v) is 4.45. The third kappa shape index (κ3) is 3.17. The van der Waals surface area contributed by atoms with Crippen molar-refractivity contribution in [1.29, 1.82) is 0 Å². The summed E-state index contributed by atoms with van der Waals surface area (Å²) in [6.45, 7) is 10.3. The molecule has 2 nitrogen and oxygen atoms in total. The zero-order chi connectivity index (χ0) is 12.1. The first-order chi connectivity index (χ1) is 8.35. The minimum atomic E-state index is 1.15. The van der Waals surface area contributed by atoms with Gasteiger partial charge in [0.1, 0.15) is 0 Å². The molecule has 1 heterocycles. The molecular formula is C14H22N2S. The van der Waals surface area contributed by atoms with Crippen molar-refractivity contribution in [3.05, 3.63) is 24.3 Å². The Morgan fingerprint density at radius 2 is 2.00 bits per heavy atom. The highest BCUT2D eigenvalue weighted by Crippen LogP contribution is 2.33. The van der Waals surface area contributed by atoms with Crippen LogP contribution in [0.1, 0.15) is 13.8 Å². The number of anilines is 1. The molecule has 0 radical (unpaired) electrons. The van der Waals surface area contributed by atoms with E-state index in [0.29, 0.717) is 0 Å². The van der Waals surface area contributed by atoms with E-state index >= 15 is 0 Å². The molecule has 94 valence electrons. The molecule has 0 bridgehead atoms. The zero-order valence-electron chi connectivity index (χ0n) is 10.9. The minimum Gasteiger partial charge on any atom is -0.369 e. The number of hydrogen-bond acceptors (Lipinski definition) is 3. The predicted molar refractivity (Wildman–Crippen MR) is 77.2 cm³/mol. The molecule has 1 aliphatic heterocycles. The number of rotatable bonds is 5. The van der Waals surface area contributed by atoms with Crippen LogP contribution in [0.15, 0.2) is 29.2 Å². The van der Waals surface area contributed by atoms with Crippen LogP contribution in [0.5, 0.6) is 0 Å². The molecule has 0 saturated carbocycles. The maximum absolute atomic E-state index is 2.53. The van der Waals surface area contributed by atoms with Crippen LogP contribution < -0.4 is 4.90 Å². The molecule has 0 spiro atoms. The number of likely N-dealkylation sites (N-methyl/N-ethyl adjacent to an activating group) is 1. The zero-order valence-corrected chi connectivity index (χ0v) is 11.7. The van der Waals surface area contributed by atoms with Crippen molar-refractivity contribution in [3.63, 3.8) is 0 Å². The van der Waals surface area contributed by atoms with E-state index in [1.165, 1.54) is 29.4 Å². The molecule has 0 atom stereocenters. The van der Waals surface area contributed by atoms with Crippen molar-refractivity contribution in [2.24, 2.45) is 0 Å². The second-order valence-electron chi connectivity index (χ2n) is 4.33. The Labute approximate surface area is 109 Å². The fraction of sp³-hybridized carbons (Fsp3) is 0.571. The average Bonchev–Trinajstić information content (AvgIpc) is 2.40. The Hall–Kier alpha value is -0.670. The molecule has 2 rings (SSSR count). The summed E-state index contributed by atoms with van der Waals surface area (Å²) in [7, 11) is 0. The molecule has 1 aliphatic rings. The van der Waals surface area contributed by atoms with E-state index in [2.05, 4.69) is 47.9 Å². The number of nitrogens with zero attached hydrogens (tertiary/aromatic N) is 2. The Morgan fingerprint density at radius 3 is 2.76 bits per heavy atom. The maximum atomic E-state index is 2.53. The molecule has 0 N–H and O–H groups in total. The van der Waals surface area contributed by atoms with Crippen LogP contribution >= 0.6 is 11.8 Å². The standard InChI is InChI=1S/C14H22N2S/c1-3-15(4-2)9-10-16-11-12-17-14-8-6-5-7-13(14)16/h5-8H,3-4,9-12H2,1-2H3. The summed E-state index contributed by atoms with van der Waals surface area (Å²) in [4.78, 5) is 6.47. The fourth-order valence-corrected chi connectivity index (χ4v) is 3.31. The maximum Gasteiger partial charge on any atom is 0.0505 e. The van der Waals surface area contributed by atoms with Gasteiger partial charge in [-0.3, -0.25) is 0 Å². The van der Waals surface area contributed by atoms with Crippen LogP contribution in [-0.2, 0) is 0 Å². The van der Waals surface area contributed by atoms with Crippen LogP contribution in [0, 0.1) is 0 Å². The van der Waals surface area contributed by atoms with Gasteiger partial charge in [0.25, 0.3) is 0 Å². The van der Waals surface area contributed by atoms with Gasteiger partial charge < -0.3 is 9.80 Å². The largest absolute Gasteiger partial charge is 0.369 e. The molecular weight excluding hydrogens is 228 g/mol. The number of benzene rings is 1. The summed E-state index contributed by atoms with van der Waals surface area (Å²) in [5.74, 6) is 1.22. The molecule has 1 aromatic rings. The first kappa shape index (κ1) is 12.8. The molecule has 17 heavy (non-hydrogen) atoms. The van der Waals surface area contributed by atoms with E-state index in [-0.39, 0.29) is 0 Å². The Bertz CT molecular complexity index is 350. The molecule has 0 saturated heterocycles. The van der Waals surface area contributed by atoms with Crippen molar-refractivity contribution in [3.8, 4) is 0 Å². The summed E-state index contributed by atoms with van der Waals surface area (Å²) in [5.41, 5.74) is 1.43. The lowest BCUT2D eigenvalue weighted by atomic mass is 10.2. The highest BCUT2D eigenvalue weighted by molar-refractivity contribution is 7.99. The minimum absolute atomic E-state index is 1.15. The Morgan fingerprint density at radius 1 is 1.24 bits per heavy atom. The summed E-state index contributed by atoms with van der Waals surface area (Å²) < 4.78 is 0. The normalized spacial score (nSPS) is 15.1. The highest BCUT2D eigenvalue weighted by Gasteiger charge is 2.16. The van der Waals surface area contributed by atoms with Gasteiger partial charge in [-0.05, 0) is 25.2 Å². The quantitative estimate of drug-likeness (QED) is 0.793. The summed E-state index contributed by atoms with van der Waals surface area (Å²) in [6.07, 6.45) is 0. The van der Waals surface area contributed by atoms with Crippen LogP contribution in [0.2, 0.25) is 0 Å². The Balaban J connectivity index is 1.99. The van der Waals surface area contributed by atoms with Gasteiger partial charge in [0.2, 0.25) is 0 Å². The van der Waals surface area contributed by atoms with E-state index in [9.17, 15) is 0 Å². The lowest BCUT2D eigenvalue weighted by Crippen LogP contribution is -2.37. The lowest BCUT2D eigenvalue weighted by Gasteiger charge is -2.32. The monoisotopic (exact) mass is 250 g/mol. The SMILES string of the molecule is CCN(CC)CCN1CCSc2ccccc21. The van der Waals surface area contributed by atoms with E-state index in [1.54, 1.807) is 0 Å². The fourth-order valence-electron chi connectivity index (χ4n) is 2.26. The van der Waals surface area contributed by atoms with Crippen LogP contribution in [0.25, 0.3) is 0 Å². The topological polar surface area (TPSA) is 6.48 Å². The number of hydrogen-bond donors (Lipinski definition) is 0. The van der Waals surface area contributed by atoms with Crippen molar-refractivity contribution in [2.45, 2.75) is 18.7 Å². The molecule has 0 unspecified atom stereocenters. The van der Waals surface area contributed by atoms with Gasteiger partial charge in [0.05, 0.1) is 5.69 Å². The van der Waals surface area contributed by atoms with Gasteiger partial charge >= 0.3 is 0 Å². The van der Waals surface area contributed by atoms with Crippen molar-refractivity contribution >= 4 is 17.4 Å². The van der Waals surface area contributed by atoms with Gasteiger partial charge in [-0.1, -0.05) is 26.0 Å². The van der Waals surface area contributed by atoms with E-state index in [1.807, 2.05) is 11.8 Å². The lowest BCUT2D eigenvalue weighted by molar-refractivity contribution is 0.309. The number of fused-ring (bicyclic) bond motifs is 1. The molecule has 0 aromatic heterocycles. The van der Waals surface area contributed by atoms with Gasteiger partial charge in [0.15, 0.2) is 0 Å². The van der Waals surface area contributed by atoms with Gasteiger partial charge in [-0.25, -0.2) is 0 Å². The van der Waals surface area contributed by atoms with Gasteiger partial charge in [-0.2, -0.15) is 0 Å². The predicted octanol–water partition coefficient (Wildman–Crippen LogP) is 2.94. The van der Waals surface area contributed by atoms with Crippen molar-refractivity contribution in [2.75, 3.05) is 43.4 Å². The van der Waals surface area contributed by atoms with Crippen molar-refractivity contribution in [1.82, 2.24) is 4.90 Å². The third-order valence-electron chi connectivity index (χ3n) is 3.41. The first-order valence-corrected chi connectivity index (χ1v) is 7.52. The summed E-state index contributed by atoms with van der Waals surface area (Å²) in [6, 6.07) is 8.78. The molecule has 0 fully saturated rings. The molecule has 0 amide bonds. The average molecular weight is 250 g/mol. The van der Waals surface area contributed by atoms with Gasteiger partial charge in [0, 0.05) is 30.3 Å². The van der Waals surface area contributed by atoms with E-state index in [0.717, 1.165) is 19.6 Å². The number of thioether (sulfide) groups is 1. The van der Waals surface area contributed by atoms with Crippen LogP contribution in [-0.4, -0.2) is 43.4 Å². The molecule has 1 aromatic carbocycles. The second kappa shape index (κ2) is 6.31. The summed E-state index contributed by atoms with van der Waals surface area (Å²) in [5, 5.41) is 0. The number of para-hydroxylation sites is 1. The van der Waals surface area contributed by atoms with E-state index in [4.69, 9.17) is 0 Å². The second-order valence-corrected chi connectivity index (χ2v) is 5.47. The van der Waals surface area contributed by atoms with Crippen LogP contribution in [0.3, 0.4) is 0 Å². The van der Waals surface area contributed by atoms with Crippen LogP contribution in [0.4, 0.5) is 5.69 Å². The van der Waals surface area contributed by atoms with Gasteiger partial charge in [-0.15, -0.1) is 11.8 Å². The smallest absolute Gasteiger partial charge is 0.0505 e. The highest BCUT2D eigenvalue weighted by atomic mass is 32.2. The van der Waals surface area contributed by atoms with Crippen molar-refractivity contribution < 1.29 is 0 Å². The van der Waals surface area contributed by atoms with E-state index < -0.39 is 0 Å². The first-order valence-electron chi connectivity index (χ1n) is 6.54. The molecule has 0 aliphatic carbocycles.